The first-order valence-corrected chi connectivity index (χ1v) is 12.1. The van der Waals surface area contributed by atoms with Crippen molar-refractivity contribution in [3.8, 4) is 11.5 Å². The predicted molar refractivity (Wildman–Crippen MR) is 132 cm³/mol. The molecule has 1 heterocycles. The van der Waals surface area contributed by atoms with Crippen LogP contribution in [0.15, 0.2) is 48.5 Å². The molecule has 2 aromatic rings. The van der Waals surface area contributed by atoms with Crippen molar-refractivity contribution in [2.75, 3.05) is 27.4 Å². The molecular weight excluding hydrogens is 448 g/mol. The van der Waals surface area contributed by atoms with Gasteiger partial charge in [-0.3, -0.25) is 4.79 Å². The van der Waals surface area contributed by atoms with Gasteiger partial charge in [0.1, 0.15) is 17.3 Å². The monoisotopic (exact) mass is 486 g/mol. The summed E-state index contributed by atoms with van der Waals surface area (Å²) in [4.78, 5) is 13.0. The summed E-state index contributed by atoms with van der Waals surface area (Å²) in [6, 6.07) is 15.2. The van der Waals surface area contributed by atoms with Gasteiger partial charge in [-0.05, 0) is 29.8 Å². The Hall–Kier alpha value is -2.45. The normalized spacial score (nSPS) is 22.7. The number of ether oxygens (including phenoxy) is 5. The molecule has 0 aliphatic carbocycles. The van der Waals surface area contributed by atoms with Gasteiger partial charge in [0.15, 0.2) is 6.29 Å². The Morgan fingerprint density at radius 1 is 1.03 bits per heavy atom. The SMILES string of the molecule is COc1ccc(COC[C@H](C)[C@H](O)CC(=O)[C@H](C)[C@H]2O[C@@H](c3ccc(OC)cc3)OC[C@@H]2C)cc1. The van der Waals surface area contributed by atoms with Crippen LogP contribution in [-0.4, -0.2) is 50.5 Å². The second kappa shape index (κ2) is 13.0. The van der Waals surface area contributed by atoms with E-state index in [4.69, 9.17) is 23.7 Å². The van der Waals surface area contributed by atoms with Crippen LogP contribution < -0.4 is 9.47 Å². The van der Waals surface area contributed by atoms with Gasteiger partial charge < -0.3 is 28.8 Å². The summed E-state index contributed by atoms with van der Waals surface area (Å²) in [5.74, 6) is 1.05. The minimum atomic E-state index is -0.784. The van der Waals surface area contributed by atoms with E-state index in [9.17, 15) is 9.90 Å². The first-order valence-electron chi connectivity index (χ1n) is 12.1. The van der Waals surface area contributed by atoms with Crippen LogP contribution >= 0.6 is 0 Å². The minimum absolute atomic E-state index is 0.0215. The number of aliphatic hydroxyl groups is 1. The van der Waals surface area contributed by atoms with E-state index >= 15 is 0 Å². The van der Waals surface area contributed by atoms with E-state index < -0.39 is 12.4 Å². The van der Waals surface area contributed by atoms with Crippen molar-refractivity contribution in [1.82, 2.24) is 0 Å². The lowest BCUT2D eigenvalue weighted by atomic mass is 9.86. The topological polar surface area (TPSA) is 83.5 Å². The minimum Gasteiger partial charge on any atom is -0.497 e. The average molecular weight is 487 g/mol. The molecule has 1 aliphatic rings. The highest BCUT2D eigenvalue weighted by Gasteiger charge is 2.37. The van der Waals surface area contributed by atoms with Gasteiger partial charge >= 0.3 is 0 Å². The third kappa shape index (κ3) is 7.51. The van der Waals surface area contributed by atoms with Gasteiger partial charge in [-0.25, -0.2) is 0 Å². The maximum Gasteiger partial charge on any atom is 0.184 e. The molecule has 0 amide bonds. The molecule has 0 unspecified atom stereocenters. The van der Waals surface area contributed by atoms with Crippen LogP contribution in [0.5, 0.6) is 11.5 Å². The quantitative estimate of drug-likeness (QED) is 0.471. The molecule has 0 radical (unpaired) electrons. The second-order valence-electron chi connectivity index (χ2n) is 9.38. The van der Waals surface area contributed by atoms with Crippen LogP contribution in [0.3, 0.4) is 0 Å². The molecule has 1 aliphatic heterocycles. The van der Waals surface area contributed by atoms with Gasteiger partial charge in [0, 0.05) is 29.7 Å². The summed E-state index contributed by atoms with van der Waals surface area (Å²) in [6.07, 6.45) is -1.55. The van der Waals surface area contributed by atoms with Crippen molar-refractivity contribution in [2.45, 2.75) is 52.3 Å². The summed E-state index contributed by atoms with van der Waals surface area (Å²) < 4.78 is 28.2. The van der Waals surface area contributed by atoms with Crippen LogP contribution in [0.25, 0.3) is 0 Å². The smallest absolute Gasteiger partial charge is 0.184 e. The summed E-state index contributed by atoms with van der Waals surface area (Å²) in [5.41, 5.74) is 1.90. The lowest BCUT2D eigenvalue weighted by Crippen LogP contribution is -2.42. The summed E-state index contributed by atoms with van der Waals surface area (Å²) in [6.45, 7) is 7.08. The third-order valence-electron chi connectivity index (χ3n) is 6.62. The highest BCUT2D eigenvalue weighted by molar-refractivity contribution is 5.81. The van der Waals surface area contributed by atoms with Gasteiger partial charge in [0.2, 0.25) is 0 Å². The molecule has 7 heteroatoms. The van der Waals surface area contributed by atoms with Gasteiger partial charge in [-0.15, -0.1) is 0 Å². The summed E-state index contributed by atoms with van der Waals surface area (Å²) in [7, 11) is 3.25. The number of hydrogen-bond donors (Lipinski definition) is 1. The van der Waals surface area contributed by atoms with E-state index in [0.717, 1.165) is 22.6 Å². The Morgan fingerprint density at radius 3 is 2.23 bits per heavy atom. The van der Waals surface area contributed by atoms with E-state index in [1.807, 2.05) is 69.3 Å². The molecule has 1 N–H and O–H groups in total. The fraction of sp³-hybridized carbons (Fsp3) is 0.536. The zero-order chi connectivity index (χ0) is 25.4. The van der Waals surface area contributed by atoms with E-state index in [-0.39, 0.29) is 36.1 Å². The zero-order valence-corrected chi connectivity index (χ0v) is 21.3. The fourth-order valence-electron chi connectivity index (χ4n) is 4.17. The maximum atomic E-state index is 13.0. The molecule has 35 heavy (non-hydrogen) atoms. The molecule has 6 atom stereocenters. The number of methoxy groups -OCH3 is 2. The number of aliphatic hydroxyl groups excluding tert-OH is 1. The van der Waals surface area contributed by atoms with E-state index in [0.29, 0.717) is 19.8 Å². The van der Waals surface area contributed by atoms with Crippen LogP contribution in [-0.2, 0) is 25.6 Å². The molecule has 0 aromatic heterocycles. The van der Waals surface area contributed by atoms with Crippen LogP contribution in [0.1, 0.15) is 44.6 Å². The van der Waals surface area contributed by atoms with Gasteiger partial charge in [0.05, 0.1) is 46.2 Å². The number of rotatable bonds is 12. The van der Waals surface area contributed by atoms with E-state index in [1.54, 1.807) is 14.2 Å². The highest BCUT2D eigenvalue weighted by atomic mass is 16.7. The molecule has 1 saturated heterocycles. The Kier molecular flexibility index (Phi) is 10.1. The second-order valence-corrected chi connectivity index (χ2v) is 9.38. The fourth-order valence-corrected chi connectivity index (χ4v) is 4.17. The van der Waals surface area contributed by atoms with Crippen LogP contribution in [0, 0.1) is 17.8 Å². The van der Waals surface area contributed by atoms with Crippen molar-refractivity contribution in [3.63, 3.8) is 0 Å². The number of ketones is 1. The van der Waals surface area contributed by atoms with Crippen LogP contribution in [0.2, 0.25) is 0 Å². The predicted octanol–water partition coefficient (Wildman–Crippen LogP) is 4.56. The summed E-state index contributed by atoms with van der Waals surface area (Å²) >= 11 is 0. The van der Waals surface area contributed by atoms with Crippen molar-refractivity contribution in [3.05, 3.63) is 59.7 Å². The van der Waals surface area contributed by atoms with E-state index in [1.165, 1.54) is 0 Å². The first kappa shape index (κ1) is 27.1. The Morgan fingerprint density at radius 2 is 1.63 bits per heavy atom. The van der Waals surface area contributed by atoms with Crippen LogP contribution in [0.4, 0.5) is 0 Å². The molecule has 192 valence electrons. The van der Waals surface area contributed by atoms with Gasteiger partial charge in [0.25, 0.3) is 0 Å². The van der Waals surface area contributed by atoms with Crippen molar-refractivity contribution in [2.24, 2.45) is 17.8 Å². The largest absolute Gasteiger partial charge is 0.497 e. The molecule has 7 nitrogen and oxygen atoms in total. The Bertz CT molecular complexity index is 912. The molecule has 0 bridgehead atoms. The summed E-state index contributed by atoms with van der Waals surface area (Å²) in [5, 5.41) is 10.7. The zero-order valence-electron chi connectivity index (χ0n) is 21.3. The molecule has 3 rings (SSSR count). The Labute approximate surface area is 208 Å². The molecule has 0 spiro atoms. The van der Waals surface area contributed by atoms with Gasteiger partial charge in [-0.1, -0.05) is 45.0 Å². The number of carbonyl (C=O) groups is 1. The number of hydrogen-bond acceptors (Lipinski definition) is 7. The lowest BCUT2D eigenvalue weighted by molar-refractivity contribution is -0.248. The molecule has 0 saturated carbocycles. The standard InChI is InChI=1S/C28H38O7/c1-18(15-33-17-21-6-10-23(31-4)11-7-21)25(29)14-26(30)20(3)27-19(2)16-34-28(35-27)22-8-12-24(32-5)13-9-22/h6-13,18-20,25,27-29H,14-17H2,1-5H3/t18-,19-,20-,25+,27-,28-/m0/s1. The lowest BCUT2D eigenvalue weighted by Gasteiger charge is -2.38. The number of benzene rings is 2. The van der Waals surface area contributed by atoms with Crippen molar-refractivity contribution < 1.29 is 33.6 Å². The maximum absolute atomic E-state index is 13.0. The molecule has 2 aromatic carbocycles. The highest BCUT2D eigenvalue weighted by Crippen LogP contribution is 2.34. The third-order valence-corrected chi connectivity index (χ3v) is 6.62. The van der Waals surface area contributed by atoms with Crippen molar-refractivity contribution in [1.29, 1.82) is 0 Å². The van der Waals surface area contributed by atoms with E-state index in [2.05, 4.69) is 0 Å². The molecular formula is C28H38O7. The number of Topliss-reactive ketones (excluding diaryl/α,β-unsaturated/α-hetero) is 1. The van der Waals surface area contributed by atoms with Crippen molar-refractivity contribution >= 4 is 5.78 Å². The van der Waals surface area contributed by atoms with Gasteiger partial charge in [-0.2, -0.15) is 0 Å². The first-order chi connectivity index (χ1) is 16.8. The Balaban J connectivity index is 1.48. The average Bonchev–Trinajstić information content (AvgIpc) is 2.88. The molecule has 1 fully saturated rings. The number of carbonyl (C=O) groups excluding carboxylic acids is 1.